The van der Waals surface area contributed by atoms with Crippen molar-refractivity contribution < 1.29 is 14.3 Å². The lowest BCUT2D eigenvalue weighted by atomic mass is 10.2. The van der Waals surface area contributed by atoms with E-state index in [1.165, 1.54) is 18.7 Å². The van der Waals surface area contributed by atoms with E-state index in [1.54, 1.807) is 4.90 Å². The fraction of sp³-hybridized carbons (Fsp3) is 0.571. The van der Waals surface area contributed by atoms with Crippen molar-refractivity contribution in [1.29, 1.82) is 0 Å². The van der Waals surface area contributed by atoms with Crippen LogP contribution < -0.4 is 4.74 Å². The van der Waals surface area contributed by atoms with E-state index in [4.69, 9.17) is 4.74 Å². The summed E-state index contributed by atoms with van der Waals surface area (Å²) in [5.41, 5.74) is 0. The normalized spacial score (nSPS) is 18.5. The van der Waals surface area contributed by atoms with Crippen LogP contribution in [0, 0.1) is 5.92 Å². The first-order chi connectivity index (χ1) is 10.2. The Morgan fingerprint density at radius 1 is 1.10 bits per heavy atom. The Bertz CT molecular complexity index is 510. The summed E-state index contributed by atoms with van der Waals surface area (Å²) in [6.07, 6.45) is 6.49. The predicted octanol–water partition coefficient (Wildman–Crippen LogP) is -0.0638. The van der Waals surface area contributed by atoms with Crippen LogP contribution in [-0.2, 0) is 9.59 Å². The average molecular weight is 290 g/mol. The van der Waals surface area contributed by atoms with Crippen molar-refractivity contribution in [3.05, 3.63) is 18.7 Å². The molecule has 2 heterocycles. The van der Waals surface area contributed by atoms with Crippen LogP contribution in [0.15, 0.2) is 18.7 Å². The Balaban J connectivity index is 1.43. The second kappa shape index (κ2) is 6.07. The Labute approximate surface area is 122 Å². The van der Waals surface area contributed by atoms with Crippen molar-refractivity contribution in [3.8, 4) is 5.75 Å². The number of hydrogen-bond donors (Lipinski definition) is 0. The van der Waals surface area contributed by atoms with Crippen molar-refractivity contribution in [2.24, 2.45) is 5.92 Å². The molecule has 0 spiro atoms. The molecule has 1 aromatic heterocycles. The molecular formula is C14H18N4O3. The summed E-state index contributed by atoms with van der Waals surface area (Å²) in [6.45, 7) is 2.37. The Morgan fingerprint density at radius 2 is 1.71 bits per heavy atom. The van der Waals surface area contributed by atoms with Gasteiger partial charge in [0.15, 0.2) is 12.4 Å². The smallest absolute Gasteiger partial charge is 0.260 e. The Hall–Kier alpha value is -2.18. The van der Waals surface area contributed by atoms with Gasteiger partial charge in [-0.1, -0.05) is 0 Å². The van der Waals surface area contributed by atoms with Gasteiger partial charge in [0.25, 0.3) is 5.91 Å². The van der Waals surface area contributed by atoms with Gasteiger partial charge in [0.2, 0.25) is 5.91 Å². The lowest BCUT2D eigenvalue weighted by Crippen LogP contribution is -2.52. The van der Waals surface area contributed by atoms with Gasteiger partial charge in [-0.25, -0.2) is 9.97 Å². The summed E-state index contributed by atoms with van der Waals surface area (Å²) in [5, 5.41) is 0. The Kier molecular flexibility index (Phi) is 3.98. The lowest BCUT2D eigenvalue weighted by Gasteiger charge is -2.34. The second-order valence-electron chi connectivity index (χ2n) is 5.34. The van der Waals surface area contributed by atoms with Gasteiger partial charge < -0.3 is 14.5 Å². The minimum absolute atomic E-state index is 0.0239. The third-order valence-corrected chi connectivity index (χ3v) is 3.77. The van der Waals surface area contributed by atoms with Crippen LogP contribution in [0.5, 0.6) is 5.75 Å². The SMILES string of the molecule is O=C(COc1cncnc1)N1CCN(C(=O)C2CC2)CC1. The van der Waals surface area contributed by atoms with Crippen LogP contribution in [0.3, 0.4) is 0 Å². The van der Waals surface area contributed by atoms with Gasteiger partial charge in [-0.3, -0.25) is 9.59 Å². The first-order valence-electron chi connectivity index (χ1n) is 7.18. The molecule has 112 valence electrons. The molecule has 0 atom stereocenters. The molecule has 2 aliphatic rings. The van der Waals surface area contributed by atoms with E-state index in [-0.39, 0.29) is 24.3 Å². The van der Waals surface area contributed by atoms with Crippen molar-refractivity contribution in [2.45, 2.75) is 12.8 Å². The van der Waals surface area contributed by atoms with E-state index >= 15 is 0 Å². The molecule has 1 saturated carbocycles. The lowest BCUT2D eigenvalue weighted by molar-refractivity contribution is -0.141. The molecule has 7 nitrogen and oxygen atoms in total. The van der Waals surface area contributed by atoms with Crippen LogP contribution in [0.4, 0.5) is 0 Å². The number of aromatic nitrogens is 2. The van der Waals surface area contributed by atoms with Crippen LogP contribution in [0.25, 0.3) is 0 Å². The largest absolute Gasteiger partial charge is 0.481 e. The van der Waals surface area contributed by atoms with Crippen molar-refractivity contribution in [1.82, 2.24) is 19.8 Å². The molecule has 2 amide bonds. The van der Waals surface area contributed by atoms with E-state index in [0.717, 1.165) is 12.8 Å². The number of amides is 2. The summed E-state index contributed by atoms with van der Waals surface area (Å²) in [4.78, 5) is 35.2. The number of rotatable bonds is 4. The molecule has 7 heteroatoms. The van der Waals surface area contributed by atoms with Gasteiger partial charge in [-0.05, 0) is 12.8 Å². The molecule has 1 aliphatic heterocycles. The number of piperazine rings is 1. The number of hydrogen-bond acceptors (Lipinski definition) is 5. The summed E-state index contributed by atoms with van der Waals surface area (Å²) in [5.74, 6) is 0.902. The van der Waals surface area contributed by atoms with Crippen molar-refractivity contribution in [3.63, 3.8) is 0 Å². The molecule has 0 radical (unpaired) electrons. The van der Waals surface area contributed by atoms with E-state index in [2.05, 4.69) is 9.97 Å². The van der Waals surface area contributed by atoms with Gasteiger partial charge >= 0.3 is 0 Å². The molecule has 1 saturated heterocycles. The number of carbonyl (C=O) groups is 2. The zero-order valence-corrected chi connectivity index (χ0v) is 11.8. The zero-order chi connectivity index (χ0) is 14.7. The topological polar surface area (TPSA) is 75.6 Å². The van der Waals surface area contributed by atoms with Crippen LogP contribution in [0.2, 0.25) is 0 Å². The van der Waals surface area contributed by atoms with Gasteiger partial charge in [-0.2, -0.15) is 0 Å². The number of carbonyl (C=O) groups excluding carboxylic acids is 2. The molecule has 0 unspecified atom stereocenters. The quantitative estimate of drug-likeness (QED) is 0.776. The Morgan fingerprint density at radius 3 is 2.33 bits per heavy atom. The highest BCUT2D eigenvalue weighted by molar-refractivity contribution is 5.82. The first-order valence-corrected chi connectivity index (χ1v) is 7.18. The third-order valence-electron chi connectivity index (χ3n) is 3.77. The van der Waals surface area contributed by atoms with Gasteiger partial charge in [0.1, 0.15) is 6.33 Å². The molecular weight excluding hydrogens is 272 g/mol. The van der Waals surface area contributed by atoms with Gasteiger partial charge in [-0.15, -0.1) is 0 Å². The monoisotopic (exact) mass is 290 g/mol. The zero-order valence-electron chi connectivity index (χ0n) is 11.8. The molecule has 1 aliphatic carbocycles. The fourth-order valence-electron chi connectivity index (χ4n) is 2.36. The first kappa shape index (κ1) is 13.8. The van der Waals surface area contributed by atoms with E-state index in [0.29, 0.717) is 31.9 Å². The van der Waals surface area contributed by atoms with Crippen LogP contribution in [0.1, 0.15) is 12.8 Å². The molecule has 0 N–H and O–H groups in total. The second-order valence-corrected chi connectivity index (χ2v) is 5.34. The summed E-state index contributed by atoms with van der Waals surface area (Å²) < 4.78 is 5.35. The predicted molar refractivity (Wildman–Crippen MR) is 73.4 cm³/mol. The fourth-order valence-corrected chi connectivity index (χ4v) is 2.36. The maximum Gasteiger partial charge on any atom is 0.260 e. The molecule has 0 bridgehead atoms. The molecule has 21 heavy (non-hydrogen) atoms. The molecule has 2 fully saturated rings. The number of ether oxygens (including phenoxy) is 1. The number of nitrogens with zero attached hydrogens (tertiary/aromatic N) is 4. The van der Waals surface area contributed by atoms with Crippen molar-refractivity contribution in [2.75, 3.05) is 32.8 Å². The maximum absolute atomic E-state index is 12.1. The molecule has 3 rings (SSSR count). The molecule has 0 aromatic carbocycles. The highest BCUT2D eigenvalue weighted by Gasteiger charge is 2.35. The van der Waals surface area contributed by atoms with E-state index in [1.807, 2.05) is 4.90 Å². The van der Waals surface area contributed by atoms with Gasteiger partial charge in [0, 0.05) is 32.1 Å². The summed E-state index contributed by atoms with van der Waals surface area (Å²) in [6, 6.07) is 0. The minimum Gasteiger partial charge on any atom is -0.481 e. The standard InChI is InChI=1S/C14H18N4O3/c19-13(9-21-12-7-15-10-16-8-12)17-3-5-18(6-4-17)14(20)11-1-2-11/h7-8,10-11H,1-6,9H2. The van der Waals surface area contributed by atoms with Crippen molar-refractivity contribution >= 4 is 11.8 Å². The highest BCUT2D eigenvalue weighted by atomic mass is 16.5. The van der Waals surface area contributed by atoms with Crippen LogP contribution >= 0.6 is 0 Å². The summed E-state index contributed by atoms with van der Waals surface area (Å²) in [7, 11) is 0. The third kappa shape index (κ3) is 3.48. The van der Waals surface area contributed by atoms with Gasteiger partial charge in [0.05, 0.1) is 12.4 Å². The van der Waals surface area contributed by atoms with E-state index in [9.17, 15) is 9.59 Å². The highest BCUT2D eigenvalue weighted by Crippen LogP contribution is 2.31. The maximum atomic E-state index is 12.1. The summed E-state index contributed by atoms with van der Waals surface area (Å²) >= 11 is 0. The van der Waals surface area contributed by atoms with E-state index < -0.39 is 0 Å². The minimum atomic E-state index is -0.0719. The van der Waals surface area contributed by atoms with Crippen LogP contribution in [-0.4, -0.2) is 64.4 Å². The average Bonchev–Trinajstić information content (AvgIpc) is 3.38. The molecule has 1 aromatic rings.